The zero-order chi connectivity index (χ0) is 14.5. The van der Waals surface area contributed by atoms with Crippen LogP contribution >= 0.6 is 11.6 Å². The fourth-order valence-electron chi connectivity index (χ4n) is 2.64. The van der Waals surface area contributed by atoms with Crippen LogP contribution in [0.4, 0.5) is 10.5 Å². The summed E-state index contributed by atoms with van der Waals surface area (Å²) in [5.74, 6) is 0. The van der Waals surface area contributed by atoms with Crippen molar-refractivity contribution in [3.8, 4) is 0 Å². The second-order valence-corrected chi connectivity index (χ2v) is 5.38. The maximum atomic E-state index is 11.1. The molecule has 0 saturated carbocycles. The summed E-state index contributed by atoms with van der Waals surface area (Å²) in [6.45, 7) is 5.61. The number of rotatable bonds is 4. The molecule has 1 atom stereocenters. The van der Waals surface area contributed by atoms with Crippen LogP contribution in [0.2, 0.25) is 5.02 Å². The first-order valence-corrected chi connectivity index (χ1v) is 7.10. The van der Waals surface area contributed by atoms with Crippen molar-refractivity contribution in [2.75, 3.05) is 24.5 Å². The fraction of sp³-hybridized carbons (Fsp3) is 0.400. The monoisotopic (exact) mass is 294 g/mol. The molecule has 0 aliphatic carbocycles. The number of carboxylic acid groups (broad SMARTS) is 1. The number of amides is 1. The van der Waals surface area contributed by atoms with Crippen LogP contribution < -0.4 is 4.90 Å². The Morgan fingerprint density at radius 2 is 2.40 bits per heavy atom. The average Bonchev–Trinajstić information content (AvgIpc) is 2.45. The van der Waals surface area contributed by atoms with Gasteiger partial charge in [-0.25, -0.2) is 4.79 Å². The topological polar surface area (TPSA) is 43.8 Å². The Kier molecular flexibility index (Phi) is 4.90. The third kappa shape index (κ3) is 3.45. The molecular formula is C15H19ClN2O2. The van der Waals surface area contributed by atoms with Crippen LogP contribution in [0.3, 0.4) is 0 Å². The first-order valence-electron chi connectivity index (χ1n) is 6.73. The quantitative estimate of drug-likeness (QED) is 0.865. The van der Waals surface area contributed by atoms with Crippen LogP contribution in [0.5, 0.6) is 0 Å². The minimum atomic E-state index is -0.848. The Bertz CT molecular complexity index is 493. The first-order chi connectivity index (χ1) is 9.61. The van der Waals surface area contributed by atoms with Gasteiger partial charge in [0, 0.05) is 36.4 Å². The molecule has 0 bridgehead atoms. The highest BCUT2D eigenvalue weighted by Crippen LogP contribution is 2.25. The van der Waals surface area contributed by atoms with Gasteiger partial charge in [-0.2, -0.15) is 0 Å². The maximum Gasteiger partial charge on any atom is 0.407 e. The van der Waals surface area contributed by atoms with E-state index in [0.717, 1.165) is 18.5 Å². The first kappa shape index (κ1) is 14.7. The normalized spacial score (nSPS) is 18.6. The number of halogens is 1. The zero-order valence-corrected chi connectivity index (χ0v) is 12.1. The lowest BCUT2D eigenvalue weighted by Crippen LogP contribution is -2.49. The Balaban J connectivity index is 2.19. The number of likely N-dealkylation sites (tertiary alicyclic amines) is 1. The largest absolute Gasteiger partial charge is 0.465 e. The summed E-state index contributed by atoms with van der Waals surface area (Å²) < 4.78 is 0. The third-order valence-electron chi connectivity index (χ3n) is 3.57. The summed E-state index contributed by atoms with van der Waals surface area (Å²) in [7, 11) is 0. The van der Waals surface area contributed by atoms with Crippen molar-refractivity contribution in [1.82, 2.24) is 4.90 Å². The Morgan fingerprint density at radius 3 is 3.05 bits per heavy atom. The molecule has 5 heteroatoms. The molecule has 108 valence electrons. The van der Waals surface area contributed by atoms with Gasteiger partial charge >= 0.3 is 6.09 Å². The summed E-state index contributed by atoms with van der Waals surface area (Å²) in [6.07, 6.45) is 2.84. The minimum Gasteiger partial charge on any atom is -0.465 e. The van der Waals surface area contributed by atoms with Crippen LogP contribution in [0.15, 0.2) is 36.9 Å². The van der Waals surface area contributed by atoms with E-state index < -0.39 is 6.09 Å². The molecule has 0 spiro atoms. The lowest BCUT2D eigenvalue weighted by molar-refractivity contribution is 0.130. The van der Waals surface area contributed by atoms with Crippen molar-refractivity contribution in [1.29, 1.82) is 0 Å². The molecule has 2 rings (SSSR count). The highest BCUT2D eigenvalue weighted by atomic mass is 35.5. The molecule has 0 aromatic heterocycles. The second-order valence-electron chi connectivity index (χ2n) is 4.95. The molecule has 1 amide bonds. The number of anilines is 1. The van der Waals surface area contributed by atoms with Crippen molar-refractivity contribution < 1.29 is 9.90 Å². The molecule has 1 heterocycles. The van der Waals surface area contributed by atoms with Gasteiger partial charge in [-0.05, 0) is 31.0 Å². The molecule has 0 radical (unpaired) electrons. The van der Waals surface area contributed by atoms with E-state index in [1.807, 2.05) is 30.3 Å². The van der Waals surface area contributed by atoms with Gasteiger partial charge in [-0.3, -0.25) is 0 Å². The number of hydrogen-bond acceptors (Lipinski definition) is 2. The van der Waals surface area contributed by atoms with Gasteiger partial charge < -0.3 is 14.9 Å². The molecule has 1 saturated heterocycles. The van der Waals surface area contributed by atoms with Crippen LogP contribution in [-0.4, -0.2) is 41.8 Å². The Hall–Kier alpha value is -1.68. The van der Waals surface area contributed by atoms with Crippen molar-refractivity contribution in [2.24, 2.45) is 0 Å². The molecule has 1 N–H and O–H groups in total. The van der Waals surface area contributed by atoms with Crippen LogP contribution in [0.1, 0.15) is 12.8 Å². The van der Waals surface area contributed by atoms with E-state index in [1.54, 1.807) is 0 Å². The van der Waals surface area contributed by atoms with Gasteiger partial charge in [0.2, 0.25) is 0 Å². The summed E-state index contributed by atoms with van der Waals surface area (Å²) in [4.78, 5) is 14.8. The Morgan fingerprint density at radius 1 is 1.60 bits per heavy atom. The lowest BCUT2D eigenvalue weighted by atomic mass is 10.0. The minimum absolute atomic E-state index is 0.163. The van der Waals surface area contributed by atoms with Crippen molar-refractivity contribution in [3.05, 3.63) is 41.9 Å². The van der Waals surface area contributed by atoms with E-state index >= 15 is 0 Å². The van der Waals surface area contributed by atoms with E-state index in [-0.39, 0.29) is 6.04 Å². The van der Waals surface area contributed by atoms with Crippen LogP contribution in [-0.2, 0) is 0 Å². The second kappa shape index (κ2) is 6.66. The van der Waals surface area contributed by atoms with E-state index in [2.05, 4.69) is 11.5 Å². The van der Waals surface area contributed by atoms with Gasteiger partial charge in [0.05, 0.1) is 0 Å². The standard InChI is InChI=1S/C15H19ClN2O2/c1-2-8-18(13-6-3-5-12(16)10-13)14-7-4-9-17(11-14)15(19)20/h2-3,5-6,10,14H,1,4,7-9,11H2,(H,19,20). The van der Waals surface area contributed by atoms with E-state index in [4.69, 9.17) is 16.7 Å². The van der Waals surface area contributed by atoms with Gasteiger partial charge in [0.15, 0.2) is 0 Å². The lowest BCUT2D eigenvalue weighted by Gasteiger charge is -2.39. The number of benzene rings is 1. The van der Waals surface area contributed by atoms with Crippen LogP contribution in [0.25, 0.3) is 0 Å². The highest BCUT2D eigenvalue weighted by Gasteiger charge is 2.27. The number of nitrogens with zero attached hydrogens (tertiary/aromatic N) is 2. The summed E-state index contributed by atoms with van der Waals surface area (Å²) in [5, 5.41) is 9.83. The zero-order valence-electron chi connectivity index (χ0n) is 11.3. The molecule has 1 aliphatic heterocycles. The SMILES string of the molecule is C=CCN(c1cccc(Cl)c1)C1CCCN(C(=O)O)C1. The van der Waals surface area contributed by atoms with Crippen molar-refractivity contribution in [3.63, 3.8) is 0 Å². The predicted octanol–water partition coefficient (Wildman–Crippen LogP) is 3.47. The van der Waals surface area contributed by atoms with Gasteiger partial charge in [-0.1, -0.05) is 23.7 Å². The Labute approximate surface area is 124 Å². The number of carbonyl (C=O) groups is 1. The molecule has 1 unspecified atom stereocenters. The summed E-state index contributed by atoms with van der Waals surface area (Å²) >= 11 is 6.05. The summed E-state index contributed by atoms with van der Waals surface area (Å²) in [6, 6.07) is 7.81. The average molecular weight is 295 g/mol. The van der Waals surface area contributed by atoms with Crippen LogP contribution in [0, 0.1) is 0 Å². The maximum absolute atomic E-state index is 11.1. The van der Waals surface area contributed by atoms with Gasteiger partial charge in [-0.15, -0.1) is 6.58 Å². The molecule has 20 heavy (non-hydrogen) atoms. The molecule has 1 aromatic carbocycles. The molecule has 4 nitrogen and oxygen atoms in total. The summed E-state index contributed by atoms with van der Waals surface area (Å²) in [5.41, 5.74) is 1.01. The molecular weight excluding hydrogens is 276 g/mol. The van der Waals surface area contributed by atoms with Gasteiger partial charge in [0.1, 0.15) is 0 Å². The smallest absolute Gasteiger partial charge is 0.407 e. The van der Waals surface area contributed by atoms with Crippen molar-refractivity contribution in [2.45, 2.75) is 18.9 Å². The highest BCUT2D eigenvalue weighted by molar-refractivity contribution is 6.30. The molecule has 1 aliphatic rings. The molecule has 1 fully saturated rings. The van der Waals surface area contributed by atoms with Gasteiger partial charge in [0.25, 0.3) is 0 Å². The van der Waals surface area contributed by atoms with E-state index in [9.17, 15) is 4.79 Å². The third-order valence-corrected chi connectivity index (χ3v) is 3.81. The fourth-order valence-corrected chi connectivity index (χ4v) is 2.83. The number of hydrogen-bond donors (Lipinski definition) is 1. The number of piperidine rings is 1. The van der Waals surface area contributed by atoms with E-state index in [1.165, 1.54) is 4.90 Å². The predicted molar refractivity (Wildman–Crippen MR) is 81.6 cm³/mol. The molecule has 1 aromatic rings. The van der Waals surface area contributed by atoms with Crippen molar-refractivity contribution >= 4 is 23.4 Å². The van der Waals surface area contributed by atoms with E-state index in [0.29, 0.717) is 24.7 Å².